The van der Waals surface area contributed by atoms with Crippen LogP contribution in [0.5, 0.6) is 0 Å². The lowest BCUT2D eigenvalue weighted by atomic mass is 10.2. The largest absolute Gasteiger partial charge is 0.481 e. The molecule has 1 amide bonds. The molecule has 0 aromatic heterocycles. The summed E-state index contributed by atoms with van der Waals surface area (Å²) < 4.78 is 5.10. The standard InChI is InChI=1S/C12H9N3O2/c13-7-9-1-3-10(4-2-9)15-12(16)11-8-14-5-6-17-11/h1-5,8H,6H2,(H,15,16). The number of ether oxygens (including phenoxy) is 1. The van der Waals surface area contributed by atoms with E-state index in [4.69, 9.17) is 10.00 Å². The molecule has 0 saturated carbocycles. The monoisotopic (exact) mass is 227 g/mol. The summed E-state index contributed by atoms with van der Waals surface area (Å²) in [5.74, 6) is -0.177. The van der Waals surface area contributed by atoms with Gasteiger partial charge in [0.25, 0.3) is 5.91 Å². The van der Waals surface area contributed by atoms with Gasteiger partial charge in [-0.15, -0.1) is 0 Å². The van der Waals surface area contributed by atoms with Gasteiger partial charge >= 0.3 is 0 Å². The van der Waals surface area contributed by atoms with Gasteiger partial charge in [0.1, 0.15) is 6.61 Å². The van der Waals surface area contributed by atoms with Crippen LogP contribution < -0.4 is 5.32 Å². The Bertz CT molecular complexity index is 524. The lowest BCUT2D eigenvalue weighted by Crippen LogP contribution is -2.18. The van der Waals surface area contributed by atoms with Crippen molar-refractivity contribution in [2.75, 3.05) is 11.9 Å². The van der Waals surface area contributed by atoms with Gasteiger partial charge in [-0.2, -0.15) is 5.26 Å². The molecule has 5 heteroatoms. The van der Waals surface area contributed by atoms with Crippen LogP contribution in [0.25, 0.3) is 0 Å². The van der Waals surface area contributed by atoms with E-state index in [2.05, 4.69) is 10.3 Å². The van der Waals surface area contributed by atoms with Gasteiger partial charge in [0, 0.05) is 11.9 Å². The van der Waals surface area contributed by atoms with E-state index < -0.39 is 0 Å². The fraction of sp³-hybridized carbons (Fsp3) is 0.0833. The number of nitrogens with one attached hydrogen (secondary N) is 1. The number of rotatable bonds is 2. The minimum absolute atomic E-state index is 0.178. The van der Waals surface area contributed by atoms with Crippen LogP contribution in [0, 0.1) is 11.3 Å². The molecule has 0 spiro atoms. The first-order valence-electron chi connectivity index (χ1n) is 4.96. The Kier molecular flexibility index (Phi) is 3.17. The first-order chi connectivity index (χ1) is 8.29. The number of carbonyl (C=O) groups excluding carboxylic acids is 1. The molecule has 0 radical (unpaired) electrons. The molecule has 0 aliphatic carbocycles. The Morgan fingerprint density at radius 2 is 2.18 bits per heavy atom. The highest BCUT2D eigenvalue weighted by atomic mass is 16.5. The number of hydrogen-bond acceptors (Lipinski definition) is 4. The highest BCUT2D eigenvalue weighted by Crippen LogP contribution is 2.11. The van der Waals surface area contributed by atoms with Crippen molar-refractivity contribution in [2.45, 2.75) is 0 Å². The van der Waals surface area contributed by atoms with E-state index >= 15 is 0 Å². The van der Waals surface area contributed by atoms with E-state index in [1.165, 1.54) is 6.20 Å². The molecule has 17 heavy (non-hydrogen) atoms. The van der Waals surface area contributed by atoms with Crippen LogP contribution in [0.15, 0.2) is 41.2 Å². The van der Waals surface area contributed by atoms with Crippen molar-refractivity contribution in [3.8, 4) is 6.07 Å². The zero-order chi connectivity index (χ0) is 12.1. The third-order valence-electron chi connectivity index (χ3n) is 2.11. The van der Waals surface area contributed by atoms with Crippen molar-refractivity contribution in [3.63, 3.8) is 0 Å². The minimum Gasteiger partial charge on any atom is -0.481 e. The summed E-state index contributed by atoms with van der Waals surface area (Å²) in [6, 6.07) is 8.57. The normalized spacial score (nSPS) is 13.2. The third-order valence-corrected chi connectivity index (χ3v) is 2.11. The van der Waals surface area contributed by atoms with E-state index in [9.17, 15) is 4.79 Å². The average molecular weight is 227 g/mol. The Balaban J connectivity index is 2.05. The second-order valence-corrected chi connectivity index (χ2v) is 3.28. The highest BCUT2D eigenvalue weighted by molar-refractivity contribution is 6.02. The van der Waals surface area contributed by atoms with Crippen molar-refractivity contribution in [3.05, 3.63) is 41.8 Å². The van der Waals surface area contributed by atoms with Gasteiger partial charge in [-0.1, -0.05) is 0 Å². The predicted octanol–water partition coefficient (Wildman–Crippen LogP) is 1.44. The van der Waals surface area contributed by atoms with E-state index in [1.807, 2.05) is 6.07 Å². The Morgan fingerprint density at radius 1 is 1.41 bits per heavy atom. The molecular weight excluding hydrogens is 218 g/mol. The molecule has 1 aliphatic heterocycles. The third kappa shape index (κ3) is 2.69. The number of aliphatic imine (C=N–C) groups is 1. The molecule has 0 saturated heterocycles. The van der Waals surface area contributed by atoms with Crippen LogP contribution in [0.4, 0.5) is 5.69 Å². The molecule has 1 N–H and O–H groups in total. The maximum Gasteiger partial charge on any atom is 0.292 e. The molecule has 1 aliphatic rings. The number of hydrogen-bond donors (Lipinski definition) is 1. The molecule has 0 fully saturated rings. The van der Waals surface area contributed by atoms with Gasteiger partial charge in [-0.3, -0.25) is 9.79 Å². The molecular formula is C12H9N3O2. The second kappa shape index (κ2) is 4.94. The number of nitrogens with zero attached hydrogens (tertiary/aromatic N) is 2. The van der Waals surface area contributed by atoms with Crippen molar-refractivity contribution < 1.29 is 9.53 Å². The lowest BCUT2D eigenvalue weighted by molar-refractivity contribution is -0.115. The maximum atomic E-state index is 11.7. The molecule has 1 aromatic rings. The fourth-order valence-electron chi connectivity index (χ4n) is 1.27. The van der Waals surface area contributed by atoms with Gasteiger partial charge in [0.2, 0.25) is 5.76 Å². The molecule has 1 heterocycles. The van der Waals surface area contributed by atoms with Crippen LogP contribution in [0.1, 0.15) is 5.56 Å². The molecule has 84 valence electrons. The van der Waals surface area contributed by atoms with Crippen LogP contribution >= 0.6 is 0 Å². The zero-order valence-electron chi connectivity index (χ0n) is 8.88. The molecule has 0 bridgehead atoms. The van der Waals surface area contributed by atoms with Gasteiger partial charge in [-0.25, -0.2) is 0 Å². The van der Waals surface area contributed by atoms with Gasteiger partial charge in [-0.05, 0) is 24.3 Å². The summed E-state index contributed by atoms with van der Waals surface area (Å²) in [5, 5.41) is 11.3. The average Bonchev–Trinajstić information content (AvgIpc) is 2.40. The summed E-state index contributed by atoms with van der Waals surface area (Å²) in [7, 11) is 0. The number of benzene rings is 1. The molecule has 1 aromatic carbocycles. The van der Waals surface area contributed by atoms with Crippen molar-refractivity contribution >= 4 is 17.8 Å². The zero-order valence-corrected chi connectivity index (χ0v) is 8.88. The Hall–Kier alpha value is -2.61. The first-order valence-corrected chi connectivity index (χ1v) is 4.96. The predicted molar refractivity (Wildman–Crippen MR) is 62.3 cm³/mol. The van der Waals surface area contributed by atoms with Crippen LogP contribution in [0.2, 0.25) is 0 Å². The van der Waals surface area contributed by atoms with Crippen molar-refractivity contribution in [1.29, 1.82) is 5.26 Å². The minimum atomic E-state index is -0.355. The number of nitriles is 1. The maximum absolute atomic E-state index is 11.7. The van der Waals surface area contributed by atoms with Crippen molar-refractivity contribution in [1.82, 2.24) is 0 Å². The van der Waals surface area contributed by atoms with E-state index in [-0.39, 0.29) is 11.7 Å². The van der Waals surface area contributed by atoms with Crippen LogP contribution in [0.3, 0.4) is 0 Å². The molecule has 5 nitrogen and oxygen atoms in total. The smallest absolute Gasteiger partial charge is 0.292 e. The van der Waals surface area contributed by atoms with E-state index in [0.717, 1.165) is 0 Å². The summed E-state index contributed by atoms with van der Waals surface area (Å²) in [6.45, 7) is 0.298. The SMILES string of the molecule is N#Cc1ccc(NC(=O)C2=CN=CCO2)cc1. The highest BCUT2D eigenvalue weighted by Gasteiger charge is 2.12. The van der Waals surface area contributed by atoms with E-state index in [0.29, 0.717) is 17.9 Å². The molecule has 2 rings (SSSR count). The van der Waals surface area contributed by atoms with Gasteiger partial charge in [0.05, 0.1) is 17.8 Å². The fourth-order valence-corrected chi connectivity index (χ4v) is 1.27. The Morgan fingerprint density at radius 3 is 2.76 bits per heavy atom. The number of amides is 1. The topological polar surface area (TPSA) is 74.5 Å². The van der Waals surface area contributed by atoms with Gasteiger partial charge < -0.3 is 10.1 Å². The van der Waals surface area contributed by atoms with Crippen LogP contribution in [-0.2, 0) is 9.53 Å². The summed E-state index contributed by atoms with van der Waals surface area (Å²) >= 11 is 0. The number of anilines is 1. The Labute approximate surface area is 98.0 Å². The molecule has 0 unspecified atom stereocenters. The number of carbonyl (C=O) groups is 1. The summed E-state index contributed by atoms with van der Waals surface area (Å²) in [4.78, 5) is 15.5. The van der Waals surface area contributed by atoms with Gasteiger partial charge in [0.15, 0.2) is 0 Å². The second-order valence-electron chi connectivity index (χ2n) is 3.28. The summed E-state index contributed by atoms with van der Waals surface area (Å²) in [6.07, 6.45) is 2.93. The van der Waals surface area contributed by atoms with E-state index in [1.54, 1.807) is 30.5 Å². The quantitative estimate of drug-likeness (QED) is 0.830. The lowest BCUT2D eigenvalue weighted by Gasteiger charge is -2.10. The summed E-state index contributed by atoms with van der Waals surface area (Å²) in [5.41, 5.74) is 1.15. The van der Waals surface area contributed by atoms with Crippen LogP contribution in [-0.4, -0.2) is 18.7 Å². The van der Waals surface area contributed by atoms with Crippen molar-refractivity contribution in [2.24, 2.45) is 4.99 Å². The first kappa shape index (κ1) is 10.9. The molecule has 0 atom stereocenters.